The highest BCUT2D eigenvalue weighted by molar-refractivity contribution is 14.0. The molecule has 1 N–H and O–H groups in total. The van der Waals surface area contributed by atoms with Crippen LogP contribution in [0.4, 0.5) is 0 Å². The molecule has 0 bridgehead atoms. The minimum absolute atomic E-state index is 0. The molecule has 2 aliphatic heterocycles. The normalized spacial score (nSPS) is 18.4. The fourth-order valence-electron chi connectivity index (χ4n) is 4.05. The van der Waals surface area contributed by atoms with Gasteiger partial charge in [0, 0.05) is 52.2 Å². The lowest BCUT2D eigenvalue weighted by atomic mass is 10.1. The van der Waals surface area contributed by atoms with Crippen LogP contribution in [0.3, 0.4) is 0 Å². The number of aliphatic imine (C=N–C) groups is 1. The standard InChI is InChI=1S/C20H36N6O.HI/c1-3-21-20(25-15-11-17(12-16-25)27-4-2)22-13-8-10-19-24-23-18-9-6-5-7-14-26(18)19;/h17H,3-16H2,1-2H3,(H,21,22);1H. The van der Waals surface area contributed by atoms with Crippen LogP contribution in [0, 0.1) is 0 Å². The van der Waals surface area contributed by atoms with Crippen LogP contribution in [-0.2, 0) is 24.1 Å². The van der Waals surface area contributed by atoms with Crippen molar-refractivity contribution in [1.82, 2.24) is 25.0 Å². The summed E-state index contributed by atoms with van der Waals surface area (Å²) in [5.74, 6) is 3.37. The summed E-state index contributed by atoms with van der Waals surface area (Å²) in [6.45, 7) is 9.88. The first-order valence-electron chi connectivity index (χ1n) is 10.9. The summed E-state index contributed by atoms with van der Waals surface area (Å²) < 4.78 is 8.11. The van der Waals surface area contributed by atoms with E-state index in [-0.39, 0.29) is 24.0 Å². The Balaban J connectivity index is 0.00000280. The van der Waals surface area contributed by atoms with Gasteiger partial charge in [-0.05, 0) is 46.0 Å². The number of hydrogen-bond donors (Lipinski definition) is 1. The second-order valence-corrected chi connectivity index (χ2v) is 7.48. The molecule has 0 amide bonds. The average Bonchev–Trinajstić information content (AvgIpc) is 2.91. The number of nitrogens with one attached hydrogen (secondary N) is 1. The number of nitrogens with zero attached hydrogens (tertiary/aromatic N) is 5. The number of fused-ring (bicyclic) bond motifs is 1. The Labute approximate surface area is 186 Å². The SMILES string of the molecule is CCNC(=NCCCc1nnc2n1CCCCC2)N1CCC(OCC)CC1.I. The zero-order valence-corrected chi connectivity index (χ0v) is 19.9. The fourth-order valence-corrected chi connectivity index (χ4v) is 4.05. The lowest BCUT2D eigenvalue weighted by Gasteiger charge is -2.34. The predicted molar refractivity (Wildman–Crippen MR) is 124 cm³/mol. The maximum Gasteiger partial charge on any atom is 0.193 e. The summed E-state index contributed by atoms with van der Waals surface area (Å²) in [6.07, 6.45) is 9.44. The monoisotopic (exact) mass is 504 g/mol. The minimum Gasteiger partial charge on any atom is -0.378 e. The Morgan fingerprint density at radius 3 is 2.71 bits per heavy atom. The molecule has 28 heavy (non-hydrogen) atoms. The molecule has 160 valence electrons. The van der Waals surface area contributed by atoms with Crippen molar-refractivity contribution in [2.45, 2.75) is 77.9 Å². The Bertz CT molecular complexity index is 598. The molecule has 0 unspecified atom stereocenters. The number of guanidine groups is 1. The first kappa shape index (κ1) is 23.4. The lowest BCUT2D eigenvalue weighted by Crippen LogP contribution is -2.47. The van der Waals surface area contributed by atoms with E-state index in [2.05, 4.69) is 38.8 Å². The summed E-state index contributed by atoms with van der Waals surface area (Å²) in [5, 5.41) is 12.3. The maximum absolute atomic E-state index is 5.76. The molecule has 1 fully saturated rings. The maximum atomic E-state index is 5.76. The molecule has 0 saturated carbocycles. The van der Waals surface area contributed by atoms with Crippen LogP contribution in [0.1, 0.15) is 64.0 Å². The van der Waals surface area contributed by atoms with Gasteiger partial charge in [0.1, 0.15) is 11.6 Å². The first-order chi connectivity index (χ1) is 13.3. The van der Waals surface area contributed by atoms with Gasteiger partial charge in [-0.25, -0.2) is 0 Å². The molecule has 0 aromatic carbocycles. The van der Waals surface area contributed by atoms with E-state index >= 15 is 0 Å². The van der Waals surface area contributed by atoms with Crippen LogP contribution in [0.2, 0.25) is 0 Å². The van der Waals surface area contributed by atoms with Crippen molar-refractivity contribution in [2.24, 2.45) is 4.99 Å². The molecule has 0 spiro atoms. The smallest absolute Gasteiger partial charge is 0.193 e. The fraction of sp³-hybridized carbons (Fsp3) is 0.850. The Hall–Kier alpha value is -0.900. The molecule has 0 aliphatic carbocycles. The van der Waals surface area contributed by atoms with Crippen molar-refractivity contribution < 1.29 is 4.74 Å². The van der Waals surface area contributed by atoms with Crippen LogP contribution in [0.15, 0.2) is 4.99 Å². The number of halogens is 1. The molecule has 3 heterocycles. The first-order valence-corrected chi connectivity index (χ1v) is 10.9. The minimum atomic E-state index is 0. The number of rotatable bonds is 7. The van der Waals surface area contributed by atoms with Crippen LogP contribution < -0.4 is 5.32 Å². The highest BCUT2D eigenvalue weighted by Crippen LogP contribution is 2.16. The van der Waals surface area contributed by atoms with Crippen molar-refractivity contribution in [3.63, 3.8) is 0 Å². The Kier molecular flexibility index (Phi) is 10.5. The summed E-state index contributed by atoms with van der Waals surface area (Å²) in [4.78, 5) is 7.25. The van der Waals surface area contributed by atoms with E-state index in [4.69, 9.17) is 9.73 Å². The van der Waals surface area contributed by atoms with Gasteiger partial charge < -0.3 is 19.5 Å². The van der Waals surface area contributed by atoms with E-state index in [1.165, 1.54) is 25.1 Å². The molecular formula is C20H37IN6O. The number of aromatic nitrogens is 3. The Morgan fingerprint density at radius 2 is 1.96 bits per heavy atom. The zero-order chi connectivity index (χ0) is 18.9. The molecule has 7 nitrogen and oxygen atoms in total. The number of ether oxygens (including phenoxy) is 1. The third kappa shape index (κ3) is 6.57. The van der Waals surface area contributed by atoms with Gasteiger partial charge in [-0.1, -0.05) is 6.42 Å². The van der Waals surface area contributed by atoms with Gasteiger partial charge >= 0.3 is 0 Å². The molecule has 1 saturated heterocycles. The Morgan fingerprint density at radius 1 is 1.14 bits per heavy atom. The van der Waals surface area contributed by atoms with Gasteiger partial charge in [0.25, 0.3) is 0 Å². The van der Waals surface area contributed by atoms with Gasteiger partial charge in [0.15, 0.2) is 5.96 Å². The van der Waals surface area contributed by atoms with Crippen LogP contribution >= 0.6 is 24.0 Å². The van der Waals surface area contributed by atoms with E-state index in [9.17, 15) is 0 Å². The highest BCUT2D eigenvalue weighted by atomic mass is 127. The topological polar surface area (TPSA) is 67.6 Å². The quantitative estimate of drug-likeness (QED) is 0.268. The van der Waals surface area contributed by atoms with Crippen molar-refractivity contribution in [3.05, 3.63) is 11.6 Å². The van der Waals surface area contributed by atoms with Gasteiger partial charge in [0.05, 0.1) is 6.10 Å². The van der Waals surface area contributed by atoms with E-state index < -0.39 is 0 Å². The molecule has 2 aliphatic rings. The second kappa shape index (κ2) is 12.6. The molecule has 1 aromatic rings. The van der Waals surface area contributed by atoms with Gasteiger partial charge in [-0.3, -0.25) is 4.99 Å². The third-order valence-electron chi connectivity index (χ3n) is 5.48. The molecule has 8 heteroatoms. The average molecular weight is 504 g/mol. The number of hydrogen-bond acceptors (Lipinski definition) is 4. The van der Waals surface area contributed by atoms with Crippen LogP contribution in [0.5, 0.6) is 0 Å². The van der Waals surface area contributed by atoms with Gasteiger partial charge in [-0.15, -0.1) is 34.2 Å². The molecule has 0 radical (unpaired) electrons. The van der Waals surface area contributed by atoms with E-state index in [1.807, 2.05) is 0 Å². The lowest BCUT2D eigenvalue weighted by molar-refractivity contribution is 0.0264. The van der Waals surface area contributed by atoms with Crippen molar-refractivity contribution in [2.75, 3.05) is 32.8 Å². The molecule has 1 aromatic heterocycles. The van der Waals surface area contributed by atoms with E-state index in [0.29, 0.717) is 6.10 Å². The van der Waals surface area contributed by atoms with E-state index in [1.54, 1.807) is 0 Å². The predicted octanol–water partition coefficient (Wildman–Crippen LogP) is 3.02. The summed E-state index contributed by atoms with van der Waals surface area (Å²) >= 11 is 0. The van der Waals surface area contributed by atoms with E-state index in [0.717, 1.165) is 83.2 Å². The number of likely N-dealkylation sites (tertiary alicyclic amines) is 1. The van der Waals surface area contributed by atoms with Crippen LogP contribution in [0.25, 0.3) is 0 Å². The van der Waals surface area contributed by atoms with Crippen molar-refractivity contribution >= 4 is 29.9 Å². The zero-order valence-electron chi connectivity index (χ0n) is 17.5. The molecular weight excluding hydrogens is 467 g/mol. The van der Waals surface area contributed by atoms with Gasteiger partial charge in [0.2, 0.25) is 0 Å². The number of aryl methyl sites for hydroxylation is 2. The second-order valence-electron chi connectivity index (χ2n) is 7.48. The highest BCUT2D eigenvalue weighted by Gasteiger charge is 2.21. The summed E-state index contributed by atoms with van der Waals surface area (Å²) in [6, 6.07) is 0. The van der Waals surface area contributed by atoms with Crippen LogP contribution in [-0.4, -0.2) is 64.5 Å². The summed E-state index contributed by atoms with van der Waals surface area (Å²) in [7, 11) is 0. The third-order valence-corrected chi connectivity index (χ3v) is 5.48. The number of piperidine rings is 1. The van der Waals surface area contributed by atoms with Gasteiger partial charge in [-0.2, -0.15) is 0 Å². The van der Waals surface area contributed by atoms with Crippen molar-refractivity contribution in [3.8, 4) is 0 Å². The summed E-state index contributed by atoms with van der Waals surface area (Å²) in [5.41, 5.74) is 0. The largest absolute Gasteiger partial charge is 0.378 e. The molecule has 0 atom stereocenters. The molecule has 3 rings (SSSR count). The van der Waals surface area contributed by atoms with Crippen molar-refractivity contribution in [1.29, 1.82) is 0 Å².